The number of carboxylic acid groups (broad SMARTS) is 1. The third kappa shape index (κ3) is 4.83. The van der Waals surface area contributed by atoms with Crippen molar-refractivity contribution in [1.82, 2.24) is 0 Å². The molecule has 0 aromatic heterocycles. The zero-order chi connectivity index (χ0) is 12.7. The van der Waals surface area contributed by atoms with Crippen LogP contribution in [0.2, 0.25) is 0 Å². The maximum absolute atomic E-state index is 11.1. The van der Waals surface area contributed by atoms with Crippen molar-refractivity contribution in [3.8, 4) is 0 Å². The topological polar surface area (TPSA) is 49.7 Å². The van der Waals surface area contributed by atoms with Gasteiger partial charge in [-0.15, -0.1) is 23.5 Å². The van der Waals surface area contributed by atoms with E-state index in [1.165, 1.54) is 23.5 Å². The van der Waals surface area contributed by atoms with Crippen LogP contribution >= 0.6 is 23.5 Å². The fourth-order valence-corrected chi connectivity index (χ4v) is 2.47. The second-order valence-corrected chi connectivity index (χ2v) is 5.20. The largest absolute Gasteiger partial charge is 0.480 e. The average Bonchev–Trinajstić information content (AvgIpc) is 2.35. The molecule has 0 aliphatic heterocycles. The number of carboxylic acids is 1. The van der Waals surface area contributed by atoms with Gasteiger partial charge in [0.2, 0.25) is 0 Å². The molecule has 0 spiro atoms. The lowest BCUT2D eigenvalue weighted by Crippen LogP contribution is -2.21. The molecule has 0 saturated heterocycles. The molecule has 0 aliphatic carbocycles. The molecule has 0 amide bonds. The monoisotopic (exact) mass is 269 g/mol. The average molecular weight is 269 g/mol. The molecular formula is C12H15NO2S2. The lowest BCUT2D eigenvalue weighted by molar-refractivity contribution is -0.138. The number of aliphatic carboxylic acids is 1. The minimum atomic E-state index is -0.880. The van der Waals surface area contributed by atoms with Crippen molar-refractivity contribution in [3.05, 3.63) is 35.9 Å². The van der Waals surface area contributed by atoms with Crippen LogP contribution in [0.25, 0.3) is 0 Å². The highest BCUT2D eigenvalue weighted by Gasteiger charge is 2.17. The number of thioether (sulfide) groups is 2. The Hall–Kier alpha value is -0.940. The molecule has 0 unspecified atom stereocenters. The second kappa shape index (κ2) is 7.40. The first-order chi connectivity index (χ1) is 8.17. The number of hydrogen-bond acceptors (Lipinski definition) is 4. The third-order valence-corrected chi connectivity index (χ3v) is 4.08. The van der Waals surface area contributed by atoms with E-state index in [1.807, 2.05) is 42.8 Å². The first kappa shape index (κ1) is 14.1. The molecule has 17 heavy (non-hydrogen) atoms. The van der Waals surface area contributed by atoms with E-state index < -0.39 is 12.0 Å². The number of benzene rings is 1. The van der Waals surface area contributed by atoms with Crippen molar-refractivity contribution < 1.29 is 9.90 Å². The van der Waals surface area contributed by atoms with Gasteiger partial charge < -0.3 is 5.11 Å². The number of nitrogens with zero attached hydrogens (tertiary/aromatic N) is 1. The van der Waals surface area contributed by atoms with Crippen LogP contribution in [0.1, 0.15) is 5.56 Å². The summed E-state index contributed by atoms with van der Waals surface area (Å²) in [7, 11) is 0. The van der Waals surface area contributed by atoms with Gasteiger partial charge in [0.25, 0.3) is 0 Å². The number of rotatable bonds is 4. The Morgan fingerprint density at radius 2 is 1.88 bits per heavy atom. The van der Waals surface area contributed by atoms with Gasteiger partial charge in [-0.2, -0.15) is 0 Å². The molecule has 0 aliphatic rings. The molecule has 1 aromatic carbocycles. The highest BCUT2D eigenvalue weighted by Crippen LogP contribution is 2.15. The van der Waals surface area contributed by atoms with Crippen molar-refractivity contribution in [2.24, 2.45) is 4.99 Å². The van der Waals surface area contributed by atoms with Gasteiger partial charge in [0.15, 0.2) is 6.04 Å². The SMILES string of the molecule is CSC(=N[C@@H](Cc1ccccc1)C(=O)O)SC. The molecule has 0 fully saturated rings. The van der Waals surface area contributed by atoms with E-state index >= 15 is 0 Å². The summed E-state index contributed by atoms with van der Waals surface area (Å²) in [6.07, 6.45) is 4.23. The van der Waals surface area contributed by atoms with Crippen LogP contribution in [-0.2, 0) is 11.2 Å². The van der Waals surface area contributed by atoms with Crippen LogP contribution < -0.4 is 0 Å². The van der Waals surface area contributed by atoms with Crippen LogP contribution in [-0.4, -0.2) is 34.0 Å². The van der Waals surface area contributed by atoms with Crippen LogP contribution in [0.15, 0.2) is 35.3 Å². The molecule has 1 atom stereocenters. The van der Waals surface area contributed by atoms with E-state index in [-0.39, 0.29) is 0 Å². The standard InChI is InChI=1S/C12H15NO2S2/c1-16-12(17-2)13-10(11(14)15)8-9-6-4-3-5-7-9/h3-7,10H,8H2,1-2H3,(H,14,15)/t10-/m0/s1. The van der Waals surface area contributed by atoms with Crippen LogP contribution in [0.5, 0.6) is 0 Å². The van der Waals surface area contributed by atoms with Crippen molar-refractivity contribution in [2.45, 2.75) is 12.5 Å². The lowest BCUT2D eigenvalue weighted by atomic mass is 10.1. The minimum absolute atomic E-state index is 0.431. The minimum Gasteiger partial charge on any atom is -0.480 e. The Kier molecular flexibility index (Phi) is 6.15. The molecule has 0 saturated carbocycles. The molecule has 3 nitrogen and oxygen atoms in total. The van der Waals surface area contributed by atoms with Crippen molar-refractivity contribution in [1.29, 1.82) is 0 Å². The van der Waals surface area contributed by atoms with E-state index in [0.717, 1.165) is 9.94 Å². The molecular weight excluding hydrogens is 254 g/mol. The molecule has 5 heteroatoms. The Morgan fingerprint density at radius 3 is 2.35 bits per heavy atom. The van der Waals surface area contributed by atoms with Crippen LogP contribution in [0, 0.1) is 0 Å². The van der Waals surface area contributed by atoms with Gasteiger partial charge >= 0.3 is 5.97 Å². The number of hydrogen-bond donors (Lipinski definition) is 1. The van der Waals surface area contributed by atoms with E-state index in [2.05, 4.69) is 4.99 Å². The first-order valence-electron chi connectivity index (χ1n) is 5.10. The normalized spacial score (nSPS) is 11.9. The van der Waals surface area contributed by atoms with Gasteiger partial charge in [-0.05, 0) is 18.1 Å². The maximum Gasteiger partial charge on any atom is 0.328 e. The fourth-order valence-electron chi connectivity index (χ4n) is 1.34. The molecule has 0 heterocycles. The summed E-state index contributed by atoms with van der Waals surface area (Å²) >= 11 is 2.95. The van der Waals surface area contributed by atoms with Gasteiger partial charge in [-0.1, -0.05) is 30.3 Å². The van der Waals surface area contributed by atoms with Gasteiger partial charge in [0.05, 0.1) is 0 Å². The number of carbonyl (C=O) groups is 1. The van der Waals surface area contributed by atoms with Crippen LogP contribution in [0.3, 0.4) is 0 Å². The smallest absolute Gasteiger partial charge is 0.328 e. The highest BCUT2D eigenvalue weighted by atomic mass is 32.2. The lowest BCUT2D eigenvalue weighted by Gasteiger charge is -2.09. The fraction of sp³-hybridized carbons (Fsp3) is 0.333. The summed E-state index contributed by atoms with van der Waals surface area (Å²) in [4.78, 5) is 15.4. The van der Waals surface area contributed by atoms with Crippen LogP contribution in [0.4, 0.5) is 0 Å². The zero-order valence-electron chi connectivity index (χ0n) is 9.79. The summed E-state index contributed by atoms with van der Waals surface area (Å²) in [5, 5.41) is 9.15. The Bertz CT molecular complexity index is 387. The Balaban J connectivity index is 2.81. The van der Waals surface area contributed by atoms with Crippen molar-refractivity contribution in [3.63, 3.8) is 0 Å². The van der Waals surface area contributed by atoms with Gasteiger partial charge in [0, 0.05) is 6.42 Å². The Morgan fingerprint density at radius 1 is 1.29 bits per heavy atom. The molecule has 92 valence electrons. The third-order valence-electron chi connectivity index (χ3n) is 2.17. The van der Waals surface area contributed by atoms with Crippen molar-refractivity contribution in [2.75, 3.05) is 12.5 Å². The predicted octanol–water partition coefficient (Wildman–Crippen LogP) is 2.76. The quantitative estimate of drug-likeness (QED) is 0.674. The van der Waals surface area contributed by atoms with Gasteiger partial charge in [0.1, 0.15) is 4.38 Å². The van der Waals surface area contributed by atoms with E-state index in [1.54, 1.807) is 0 Å². The van der Waals surface area contributed by atoms with Gasteiger partial charge in [-0.3, -0.25) is 4.99 Å². The van der Waals surface area contributed by atoms with E-state index in [9.17, 15) is 4.79 Å². The zero-order valence-corrected chi connectivity index (χ0v) is 11.4. The van der Waals surface area contributed by atoms with E-state index in [4.69, 9.17) is 5.11 Å². The predicted molar refractivity (Wildman–Crippen MR) is 76.0 cm³/mol. The second-order valence-electron chi connectivity index (χ2n) is 3.35. The highest BCUT2D eigenvalue weighted by molar-refractivity contribution is 8.38. The summed E-state index contributed by atoms with van der Waals surface area (Å²) in [6.45, 7) is 0. The molecule has 1 rings (SSSR count). The maximum atomic E-state index is 11.1. The Labute approximate surface area is 110 Å². The summed E-state index contributed by atoms with van der Waals surface area (Å²) in [6, 6.07) is 8.86. The summed E-state index contributed by atoms with van der Waals surface area (Å²) in [5.41, 5.74) is 0.991. The number of aliphatic imine (C=N–C) groups is 1. The summed E-state index contributed by atoms with van der Waals surface area (Å²) in [5.74, 6) is -0.880. The van der Waals surface area contributed by atoms with Gasteiger partial charge in [-0.25, -0.2) is 4.79 Å². The molecule has 1 N–H and O–H groups in total. The molecule has 0 radical (unpaired) electrons. The molecule has 0 bridgehead atoms. The molecule has 1 aromatic rings. The van der Waals surface area contributed by atoms with E-state index in [0.29, 0.717) is 6.42 Å². The summed E-state index contributed by atoms with van der Waals surface area (Å²) < 4.78 is 0.799. The van der Waals surface area contributed by atoms with Crippen molar-refractivity contribution >= 4 is 33.9 Å². The first-order valence-corrected chi connectivity index (χ1v) is 7.54.